The monoisotopic (exact) mass is 363 g/mol. The molecule has 1 aliphatic heterocycles. The average molecular weight is 363 g/mol. The second kappa shape index (κ2) is 6.08. The number of benzene rings is 1. The summed E-state index contributed by atoms with van der Waals surface area (Å²) in [6, 6.07) is 3.85. The molecule has 0 atom stereocenters. The maximum absolute atomic E-state index is 9.78. The van der Waals surface area contributed by atoms with Crippen molar-refractivity contribution in [1.29, 1.82) is 0 Å². The Morgan fingerprint density at radius 2 is 2.06 bits per heavy atom. The molecule has 1 aromatic rings. The molecule has 0 aromatic heterocycles. The summed E-state index contributed by atoms with van der Waals surface area (Å²) >= 11 is 2.11. The van der Waals surface area contributed by atoms with Gasteiger partial charge in [0, 0.05) is 19.6 Å². The lowest BCUT2D eigenvalue weighted by Gasteiger charge is -2.29. The van der Waals surface area contributed by atoms with E-state index < -0.39 is 0 Å². The third kappa shape index (κ3) is 3.27. The molecule has 0 aliphatic carbocycles. The van der Waals surface area contributed by atoms with E-state index in [1.807, 2.05) is 12.1 Å². The van der Waals surface area contributed by atoms with E-state index in [1.54, 1.807) is 7.11 Å². The normalized spacial score (nSPS) is 17.9. The summed E-state index contributed by atoms with van der Waals surface area (Å²) in [4.78, 5) is 2.31. The van der Waals surface area contributed by atoms with Crippen LogP contribution in [0.3, 0.4) is 0 Å². The molecule has 0 saturated carbocycles. The third-order valence-electron chi connectivity index (χ3n) is 3.27. The van der Waals surface area contributed by atoms with Gasteiger partial charge in [-0.3, -0.25) is 4.90 Å². The highest BCUT2D eigenvalue weighted by Crippen LogP contribution is 2.32. The van der Waals surface area contributed by atoms with Crippen molar-refractivity contribution < 1.29 is 14.9 Å². The molecule has 1 aromatic carbocycles. The predicted octanol–water partition coefficient (Wildman–Crippen LogP) is 1.96. The number of ether oxygens (including phenoxy) is 1. The first kappa shape index (κ1) is 13.9. The Balaban J connectivity index is 2.07. The van der Waals surface area contributed by atoms with Crippen molar-refractivity contribution in [2.45, 2.75) is 25.5 Å². The summed E-state index contributed by atoms with van der Waals surface area (Å²) in [6.45, 7) is 2.67. The number of halogens is 1. The summed E-state index contributed by atoms with van der Waals surface area (Å²) < 4.78 is 5.96. The van der Waals surface area contributed by atoms with Crippen molar-refractivity contribution in [1.82, 2.24) is 4.90 Å². The van der Waals surface area contributed by atoms with Gasteiger partial charge in [0.05, 0.1) is 16.8 Å². The van der Waals surface area contributed by atoms with Gasteiger partial charge in [-0.1, -0.05) is 0 Å². The number of hydrogen-bond acceptors (Lipinski definition) is 4. The molecule has 4 nitrogen and oxygen atoms in total. The standard InChI is InChI=1S/C13H18INO3/c1-18-12-7-9(6-11(14)13(12)17)8-15-4-2-10(16)3-5-15/h6-7,10,16-17H,2-5,8H2,1H3. The summed E-state index contributed by atoms with van der Waals surface area (Å²) in [7, 11) is 1.56. The SMILES string of the molecule is COc1cc(CN2CCC(O)CC2)cc(I)c1O. The van der Waals surface area contributed by atoms with E-state index in [1.165, 1.54) is 0 Å². The molecule has 0 bridgehead atoms. The minimum absolute atomic E-state index is 0.143. The predicted molar refractivity (Wildman–Crippen MR) is 77.9 cm³/mol. The number of piperidine rings is 1. The number of hydrogen-bond donors (Lipinski definition) is 2. The summed E-state index contributed by atoms with van der Waals surface area (Å²) in [5.41, 5.74) is 1.13. The molecular weight excluding hydrogens is 345 g/mol. The van der Waals surface area contributed by atoms with Crippen molar-refractivity contribution in [2.24, 2.45) is 0 Å². The van der Waals surface area contributed by atoms with Gasteiger partial charge in [0.1, 0.15) is 0 Å². The third-order valence-corrected chi connectivity index (χ3v) is 4.09. The Labute approximate surface area is 121 Å². The van der Waals surface area contributed by atoms with Crippen molar-refractivity contribution >= 4 is 22.6 Å². The van der Waals surface area contributed by atoms with E-state index in [9.17, 15) is 10.2 Å². The van der Waals surface area contributed by atoms with E-state index in [0.717, 1.165) is 41.6 Å². The van der Waals surface area contributed by atoms with Crippen LogP contribution in [-0.2, 0) is 6.54 Å². The topological polar surface area (TPSA) is 52.9 Å². The molecule has 1 saturated heterocycles. The number of phenols is 1. The van der Waals surface area contributed by atoms with Gasteiger partial charge in [0.25, 0.3) is 0 Å². The fourth-order valence-electron chi connectivity index (χ4n) is 2.21. The van der Waals surface area contributed by atoms with Gasteiger partial charge in [0.15, 0.2) is 11.5 Å². The first-order chi connectivity index (χ1) is 8.60. The zero-order valence-corrected chi connectivity index (χ0v) is 12.6. The molecular formula is C13H18INO3. The molecule has 0 unspecified atom stereocenters. The van der Waals surface area contributed by atoms with Gasteiger partial charge in [-0.05, 0) is 53.1 Å². The number of aliphatic hydroxyl groups is 1. The lowest BCUT2D eigenvalue weighted by Crippen LogP contribution is -2.35. The number of nitrogens with zero attached hydrogens (tertiary/aromatic N) is 1. The quantitative estimate of drug-likeness (QED) is 0.807. The fraction of sp³-hybridized carbons (Fsp3) is 0.538. The number of likely N-dealkylation sites (tertiary alicyclic amines) is 1. The summed E-state index contributed by atoms with van der Waals surface area (Å²) in [5.74, 6) is 0.727. The van der Waals surface area contributed by atoms with Crippen molar-refractivity contribution in [3.05, 3.63) is 21.3 Å². The summed E-state index contributed by atoms with van der Waals surface area (Å²) in [5, 5.41) is 19.3. The number of rotatable bonds is 3. The van der Waals surface area contributed by atoms with Crippen LogP contribution in [0.2, 0.25) is 0 Å². The first-order valence-corrected chi connectivity index (χ1v) is 7.14. The Morgan fingerprint density at radius 1 is 1.39 bits per heavy atom. The zero-order valence-electron chi connectivity index (χ0n) is 10.4. The van der Waals surface area contributed by atoms with Crippen molar-refractivity contribution in [3.63, 3.8) is 0 Å². The van der Waals surface area contributed by atoms with Crippen molar-refractivity contribution in [2.75, 3.05) is 20.2 Å². The van der Waals surface area contributed by atoms with Crippen LogP contribution in [0.25, 0.3) is 0 Å². The Kier molecular flexibility index (Phi) is 4.69. The Morgan fingerprint density at radius 3 is 2.67 bits per heavy atom. The molecule has 1 heterocycles. The molecule has 18 heavy (non-hydrogen) atoms. The number of methoxy groups -OCH3 is 1. The van der Waals surface area contributed by atoms with Gasteiger partial charge < -0.3 is 14.9 Å². The molecule has 0 radical (unpaired) electrons. The van der Waals surface area contributed by atoms with Crippen LogP contribution in [-0.4, -0.2) is 41.4 Å². The van der Waals surface area contributed by atoms with Gasteiger partial charge >= 0.3 is 0 Å². The molecule has 0 spiro atoms. The van der Waals surface area contributed by atoms with Crippen LogP contribution in [0.5, 0.6) is 11.5 Å². The van der Waals surface area contributed by atoms with E-state index in [2.05, 4.69) is 27.5 Å². The van der Waals surface area contributed by atoms with Crippen LogP contribution in [0.1, 0.15) is 18.4 Å². The highest BCUT2D eigenvalue weighted by atomic mass is 127. The van der Waals surface area contributed by atoms with Crippen LogP contribution in [0, 0.1) is 3.57 Å². The van der Waals surface area contributed by atoms with Gasteiger partial charge in [-0.15, -0.1) is 0 Å². The van der Waals surface area contributed by atoms with Gasteiger partial charge in [-0.25, -0.2) is 0 Å². The largest absolute Gasteiger partial charge is 0.504 e. The van der Waals surface area contributed by atoms with E-state index in [4.69, 9.17) is 4.74 Å². The van der Waals surface area contributed by atoms with Crippen LogP contribution < -0.4 is 4.74 Å². The molecule has 100 valence electrons. The molecule has 1 fully saturated rings. The average Bonchev–Trinajstić information content (AvgIpc) is 2.36. The second-order valence-electron chi connectivity index (χ2n) is 4.64. The molecule has 2 rings (SSSR count). The zero-order chi connectivity index (χ0) is 13.1. The van der Waals surface area contributed by atoms with E-state index in [0.29, 0.717) is 5.75 Å². The Hall–Kier alpha value is -0.530. The highest BCUT2D eigenvalue weighted by Gasteiger charge is 2.18. The van der Waals surface area contributed by atoms with Crippen LogP contribution >= 0.6 is 22.6 Å². The number of phenolic OH excluding ortho intramolecular Hbond substituents is 1. The minimum Gasteiger partial charge on any atom is -0.504 e. The fourth-order valence-corrected chi connectivity index (χ4v) is 2.88. The van der Waals surface area contributed by atoms with E-state index in [-0.39, 0.29) is 11.9 Å². The first-order valence-electron chi connectivity index (χ1n) is 6.06. The minimum atomic E-state index is -0.143. The van der Waals surface area contributed by atoms with Crippen LogP contribution in [0.4, 0.5) is 0 Å². The lowest BCUT2D eigenvalue weighted by molar-refractivity contribution is 0.0792. The molecule has 5 heteroatoms. The smallest absolute Gasteiger partial charge is 0.171 e. The second-order valence-corrected chi connectivity index (χ2v) is 5.80. The van der Waals surface area contributed by atoms with Gasteiger partial charge in [0.2, 0.25) is 0 Å². The van der Waals surface area contributed by atoms with Crippen LogP contribution in [0.15, 0.2) is 12.1 Å². The number of aromatic hydroxyl groups is 1. The van der Waals surface area contributed by atoms with Crippen molar-refractivity contribution in [3.8, 4) is 11.5 Å². The molecule has 0 amide bonds. The molecule has 1 aliphatic rings. The lowest BCUT2D eigenvalue weighted by atomic mass is 10.1. The Bertz CT molecular complexity index is 417. The highest BCUT2D eigenvalue weighted by molar-refractivity contribution is 14.1. The maximum atomic E-state index is 9.78. The molecule has 2 N–H and O–H groups in total. The van der Waals surface area contributed by atoms with Gasteiger partial charge in [-0.2, -0.15) is 0 Å². The summed E-state index contributed by atoms with van der Waals surface area (Å²) in [6.07, 6.45) is 1.54. The number of aliphatic hydroxyl groups excluding tert-OH is 1. The maximum Gasteiger partial charge on any atom is 0.171 e. The van der Waals surface area contributed by atoms with E-state index >= 15 is 0 Å².